The number of amides is 1. The van der Waals surface area contributed by atoms with Crippen LogP contribution in [0.1, 0.15) is 33.6 Å². The molecule has 7 heteroatoms. The molecule has 0 aliphatic carbocycles. The van der Waals surface area contributed by atoms with Crippen molar-refractivity contribution in [3.8, 4) is 0 Å². The number of aryl methyl sites for hydroxylation is 1. The van der Waals surface area contributed by atoms with Crippen LogP contribution in [-0.4, -0.2) is 43.7 Å². The SMILES string of the molecule is Cc1ccccc1CN(C)C(=O)c1sccc1S(=O)(=O)N1CCCC1. The van der Waals surface area contributed by atoms with Crippen molar-refractivity contribution < 1.29 is 13.2 Å². The van der Waals surface area contributed by atoms with Crippen LogP contribution in [0.4, 0.5) is 0 Å². The van der Waals surface area contributed by atoms with Gasteiger partial charge in [0.05, 0.1) is 0 Å². The molecule has 1 amide bonds. The highest BCUT2D eigenvalue weighted by molar-refractivity contribution is 7.89. The maximum Gasteiger partial charge on any atom is 0.265 e. The molecule has 25 heavy (non-hydrogen) atoms. The summed E-state index contributed by atoms with van der Waals surface area (Å²) >= 11 is 1.19. The van der Waals surface area contributed by atoms with Crippen molar-refractivity contribution in [2.45, 2.75) is 31.2 Å². The average molecular weight is 379 g/mol. The minimum absolute atomic E-state index is 0.140. The molecule has 1 saturated heterocycles. The van der Waals surface area contributed by atoms with E-state index in [0.29, 0.717) is 24.5 Å². The van der Waals surface area contributed by atoms with Crippen LogP contribution in [0, 0.1) is 6.92 Å². The fraction of sp³-hybridized carbons (Fsp3) is 0.389. The number of sulfonamides is 1. The summed E-state index contributed by atoms with van der Waals surface area (Å²) in [5.74, 6) is -0.254. The van der Waals surface area contributed by atoms with Crippen LogP contribution < -0.4 is 0 Å². The molecule has 0 spiro atoms. The predicted octanol–water partition coefficient (Wildman–Crippen LogP) is 3.11. The summed E-state index contributed by atoms with van der Waals surface area (Å²) in [5.41, 5.74) is 2.16. The molecule has 0 atom stereocenters. The molecule has 1 aromatic carbocycles. The van der Waals surface area contributed by atoms with Gasteiger partial charge in [0.1, 0.15) is 9.77 Å². The summed E-state index contributed by atoms with van der Waals surface area (Å²) in [6.07, 6.45) is 1.75. The fourth-order valence-electron chi connectivity index (χ4n) is 3.01. The molecule has 3 rings (SSSR count). The van der Waals surface area contributed by atoms with E-state index in [-0.39, 0.29) is 10.8 Å². The zero-order valence-electron chi connectivity index (χ0n) is 14.4. The van der Waals surface area contributed by atoms with Crippen LogP contribution in [0.25, 0.3) is 0 Å². The molecule has 2 aromatic rings. The van der Waals surface area contributed by atoms with Crippen molar-refractivity contribution >= 4 is 27.3 Å². The van der Waals surface area contributed by atoms with Gasteiger partial charge < -0.3 is 4.90 Å². The lowest BCUT2D eigenvalue weighted by atomic mass is 10.1. The van der Waals surface area contributed by atoms with Gasteiger partial charge in [0.2, 0.25) is 10.0 Å². The number of hydrogen-bond acceptors (Lipinski definition) is 4. The predicted molar refractivity (Wildman–Crippen MR) is 99.3 cm³/mol. The minimum atomic E-state index is -3.59. The zero-order valence-corrected chi connectivity index (χ0v) is 16.1. The first-order chi connectivity index (χ1) is 11.9. The number of nitrogens with zero attached hydrogens (tertiary/aromatic N) is 2. The molecule has 0 unspecified atom stereocenters. The van der Waals surface area contributed by atoms with Crippen LogP contribution in [-0.2, 0) is 16.6 Å². The lowest BCUT2D eigenvalue weighted by Crippen LogP contribution is -2.31. The van der Waals surface area contributed by atoms with E-state index in [1.165, 1.54) is 15.6 Å². The Bertz CT molecular complexity index is 868. The topological polar surface area (TPSA) is 57.7 Å². The summed E-state index contributed by atoms with van der Waals surface area (Å²) in [4.78, 5) is 14.9. The van der Waals surface area contributed by atoms with Crippen LogP contribution in [0.5, 0.6) is 0 Å². The Morgan fingerprint density at radius 2 is 1.88 bits per heavy atom. The molecule has 0 bridgehead atoms. The summed E-state index contributed by atoms with van der Waals surface area (Å²) in [6.45, 7) is 3.52. The van der Waals surface area contributed by atoms with E-state index in [9.17, 15) is 13.2 Å². The Morgan fingerprint density at radius 1 is 1.20 bits per heavy atom. The highest BCUT2D eigenvalue weighted by Gasteiger charge is 2.32. The van der Waals surface area contributed by atoms with E-state index < -0.39 is 10.0 Å². The second-order valence-corrected chi connectivity index (χ2v) is 9.14. The number of thiophene rings is 1. The molecule has 1 aliphatic rings. The zero-order chi connectivity index (χ0) is 18.0. The summed E-state index contributed by atoms with van der Waals surface area (Å²) in [5, 5.41) is 1.68. The monoisotopic (exact) mass is 378 g/mol. The van der Waals surface area contributed by atoms with Crippen molar-refractivity contribution in [2.24, 2.45) is 0 Å². The maximum absolute atomic E-state index is 12.9. The molecule has 0 saturated carbocycles. The third-order valence-electron chi connectivity index (χ3n) is 4.52. The standard InChI is InChI=1S/C18H22N2O3S2/c1-14-7-3-4-8-15(14)13-19(2)18(21)17-16(9-12-24-17)25(22,23)20-10-5-6-11-20/h3-4,7-9,12H,5-6,10-11,13H2,1-2H3. The molecule has 1 aliphatic heterocycles. The quantitative estimate of drug-likeness (QED) is 0.803. The molecule has 1 aromatic heterocycles. The Morgan fingerprint density at radius 3 is 2.56 bits per heavy atom. The van der Waals surface area contributed by atoms with Crippen LogP contribution >= 0.6 is 11.3 Å². The summed E-state index contributed by atoms with van der Waals surface area (Å²) in [7, 11) is -1.88. The lowest BCUT2D eigenvalue weighted by molar-refractivity contribution is 0.0786. The van der Waals surface area contributed by atoms with Crippen molar-refractivity contribution in [3.05, 3.63) is 51.7 Å². The molecular weight excluding hydrogens is 356 g/mol. The van der Waals surface area contributed by atoms with Gasteiger partial charge >= 0.3 is 0 Å². The second kappa shape index (κ2) is 7.27. The second-order valence-electron chi connectivity index (χ2n) is 6.31. The fourth-order valence-corrected chi connectivity index (χ4v) is 5.92. The molecule has 5 nitrogen and oxygen atoms in total. The van der Waals surface area contributed by atoms with Gasteiger partial charge in [0.15, 0.2) is 0 Å². The van der Waals surface area contributed by atoms with E-state index in [4.69, 9.17) is 0 Å². The van der Waals surface area contributed by atoms with Crippen LogP contribution in [0.15, 0.2) is 40.6 Å². The van der Waals surface area contributed by atoms with Crippen molar-refractivity contribution in [2.75, 3.05) is 20.1 Å². The minimum Gasteiger partial charge on any atom is -0.337 e. The van der Waals surface area contributed by atoms with Gasteiger partial charge in [-0.15, -0.1) is 11.3 Å². The number of benzene rings is 1. The number of carbonyl (C=O) groups is 1. The molecular formula is C18H22N2O3S2. The summed E-state index contributed by atoms with van der Waals surface area (Å²) in [6, 6.07) is 9.43. The maximum atomic E-state index is 12.9. The first-order valence-electron chi connectivity index (χ1n) is 8.29. The Balaban J connectivity index is 1.84. The van der Waals surface area contributed by atoms with Gasteiger partial charge in [-0.3, -0.25) is 4.79 Å². The largest absolute Gasteiger partial charge is 0.337 e. The van der Waals surface area contributed by atoms with Gasteiger partial charge in [-0.1, -0.05) is 24.3 Å². The highest BCUT2D eigenvalue weighted by Crippen LogP contribution is 2.28. The van der Waals surface area contributed by atoms with E-state index in [1.54, 1.807) is 23.4 Å². The van der Waals surface area contributed by atoms with Crippen molar-refractivity contribution in [1.82, 2.24) is 9.21 Å². The first-order valence-corrected chi connectivity index (χ1v) is 10.6. The van der Waals surface area contributed by atoms with Gasteiger partial charge in [0, 0.05) is 26.7 Å². The molecule has 0 radical (unpaired) electrons. The normalized spacial score (nSPS) is 15.4. The summed E-state index contributed by atoms with van der Waals surface area (Å²) < 4.78 is 27.1. The van der Waals surface area contributed by atoms with Gasteiger partial charge in [-0.2, -0.15) is 4.31 Å². The van der Waals surface area contributed by atoms with Crippen molar-refractivity contribution in [1.29, 1.82) is 0 Å². The van der Waals surface area contributed by atoms with Crippen LogP contribution in [0.3, 0.4) is 0 Å². The number of rotatable bonds is 5. The lowest BCUT2D eigenvalue weighted by Gasteiger charge is -2.20. The van der Waals surface area contributed by atoms with E-state index >= 15 is 0 Å². The van der Waals surface area contributed by atoms with Gasteiger partial charge in [0.25, 0.3) is 5.91 Å². The highest BCUT2D eigenvalue weighted by atomic mass is 32.2. The van der Waals surface area contributed by atoms with E-state index in [2.05, 4.69) is 0 Å². The van der Waals surface area contributed by atoms with Crippen molar-refractivity contribution in [3.63, 3.8) is 0 Å². The van der Waals surface area contributed by atoms with E-state index in [0.717, 1.165) is 24.0 Å². The molecule has 2 heterocycles. The Hall–Kier alpha value is -1.70. The Kier molecular flexibility index (Phi) is 5.27. The van der Waals surface area contributed by atoms with Gasteiger partial charge in [-0.05, 0) is 42.3 Å². The van der Waals surface area contributed by atoms with Crippen LogP contribution in [0.2, 0.25) is 0 Å². The third kappa shape index (κ3) is 3.63. The smallest absolute Gasteiger partial charge is 0.265 e. The average Bonchev–Trinajstić information content (AvgIpc) is 3.28. The van der Waals surface area contributed by atoms with E-state index in [1.807, 2.05) is 31.2 Å². The first kappa shape index (κ1) is 18.1. The molecule has 0 N–H and O–H groups in total. The molecule has 1 fully saturated rings. The number of carbonyl (C=O) groups excluding carboxylic acids is 1. The number of hydrogen-bond donors (Lipinski definition) is 0. The van der Waals surface area contributed by atoms with Gasteiger partial charge in [-0.25, -0.2) is 8.42 Å². The molecule has 134 valence electrons. The third-order valence-corrected chi connectivity index (χ3v) is 7.49. The Labute approximate surface area is 152 Å².